The summed E-state index contributed by atoms with van der Waals surface area (Å²) in [6.45, 7) is 0. The Bertz CT molecular complexity index is 1160. The van der Waals surface area contributed by atoms with Gasteiger partial charge < -0.3 is 14.0 Å². The van der Waals surface area contributed by atoms with Gasteiger partial charge in [0.2, 0.25) is 0 Å². The number of hydrogen-bond acceptors (Lipinski definition) is 5. The Kier molecular flexibility index (Phi) is 4.44. The highest BCUT2D eigenvalue weighted by molar-refractivity contribution is 6.04. The number of amides is 1. The predicted molar refractivity (Wildman–Crippen MR) is 102 cm³/mol. The molecule has 8 heteroatoms. The fourth-order valence-corrected chi connectivity index (χ4v) is 2.79. The van der Waals surface area contributed by atoms with Gasteiger partial charge in [-0.05, 0) is 24.3 Å². The number of methoxy groups -OCH3 is 1. The van der Waals surface area contributed by atoms with Crippen molar-refractivity contribution in [2.24, 2.45) is 0 Å². The van der Waals surface area contributed by atoms with Gasteiger partial charge in [-0.25, -0.2) is 14.4 Å². The summed E-state index contributed by atoms with van der Waals surface area (Å²) in [4.78, 5) is 27.2. The molecule has 0 aliphatic carbocycles. The summed E-state index contributed by atoms with van der Waals surface area (Å²) in [5.74, 6) is -0.772. The first kappa shape index (κ1) is 17.6. The third kappa shape index (κ3) is 3.16. The molecule has 1 amide bonds. The number of aromatic nitrogens is 4. The molecule has 0 saturated carbocycles. The third-order valence-electron chi connectivity index (χ3n) is 4.31. The highest BCUT2D eigenvalue weighted by Gasteiger charge is 2.18. The van der Waals surface area contributed by atoms with Crippen molar-refractivity contribution < 1.29 is 13.9 Å². The van der Waals surface area contributed by atoms with E-state index >= 15 is 0 Å². The van der Waals surface area contributed by atoms with Gasteiger partial charge in [0.25, 0.3) is 5.91 Å². The van der Waals surface area contributed by atoms with E-state index in [9.17, 15) is 9.18 Å². The van der Waals surface area contributed by atoms with Crippen LogP contribution in [0.2, 0.25) is 0 Å². The fourth-order valence-electron chi connectivity index (χ4n) is 2.79. The van der Waals surface area contributed by atoms with Crippen LogP contribution in [0.3, 0.4) is 0 Å². The van der Waals surface area contributed by atoms with E-state index in [0.717, 1.165) is 5.69 Å². The molecule has 0 aliphatic heterocycles. The van der Waals surface area contributed by atoms with Gasteiger partial charge in [-0.15, -0.1) is 0 Å². The number of ether oxygens (including phenoxy) is 1. The van der Waals surface area contributed by atoms with E-state index < -0.39 is 5.82 Å². The summed E-state index contributed by atoms with van der Waals surface area (Å²) in [5, 5.41) is 0. The Labute approximate surface area is 160 Å². The van der Waals surface area contributed by atoms with E-state index in [-0.39, 0.29) is 17.4 Å². The van der Waals surface area contributed by atoms with E-state index in [0.29, 0.717) is 17.0 Å². The number of halogens is 1. The molecule has 0 bridgehead atoms. The van der Waals surface area contributed by atoms with Crippen LogP contribution in [0, 0.1) is 5.82 Å². The molecule has 3 aromatic heterocycles. The number of imidazole rings is 1. The molecule has 0 aliphatic rings. The lowest BCUT2D eigenvalue weighted by atomic mass is 10.2. The van der Waals surface area contributed by atoms with Crippen molar-refractivity contribution in [3.63, 3.8) is 0 Å². The molecule has 4 rings (SSSR count). The summed E-state index contributed by atoms with van der Waals surface area (Å²) in [5.41, 5.74) is 2.73. The number of pyridine rings is 1. The van der Waals surface area contributed by atoms with Gasteiger partial charge in [0.15, 0.2) is 17.2 Å². The average molecular weight is 377 g/mol. The molecule has 28 heavy (non-hydrogen) atoms. The smallest absolute Gasteiger partial charge is 0.278 e. The molecule has 140 valence electrons. The standard InChI is InChI=1S/C20H16FN5O2/c1-25(13-6-7-14(21)18(9-13)28-2)20(27)17-12-26-11-16(24-19(26)10-23-17)15-5-3-4-8-22-15/h3-12H,1-2H3. The zero-order valence-electron chi connectivity index (χ0n) is 15.2. The lowest BCUT2D eigenvalue weighted by Gasteiger charge is -2.17. The zero-order valence-corrected chi connectivity index (χ0v) is 15.2. The molecule has 4 aromatic rings. The lowest BCUT2D eigenvalue weighted by Crippen LogP contribution is -2.27. The Morgan fingerprint density at radius 3 is 2.75 bits per heavy atom. The van der Waals surface area contributed by atoms with Crippen LogP contribution in [0.4, 0.5) is 10.1 Å². The number of rotatable bonds is 4. The van der Waals surface area contributed by atoms with Crippen molar-refractivity contribution in [3.8, 4) is 17.1 Å². The Morgan fingerprint density at radius 1 is 1.14 bits per heavy atom. The van der Waals surface area contributed by atoms with Gasteiger partial charge in [-0.1, -0.05) is 6.07 Å². The van der Waals surface area contributed by atoms with Crippen LogP contribution in [0.1, 0.15) is 10.5 Å². The number of carbonyl (C=O) groups is 1. The van der Waals surface area contributed by atoms with Crippen molar-refractivity contribution in [1.82, 2.24) is 19.4 Å². The van der Waals surface area contributed by atoms with E-state index in [1.807, 2.05) is 18.2 Å². The normalized spacial score (nSPS) is 10.8. The van der Waals surface area contributed by atoms with Crippen LogP contribution >= 0.6 is 0 Å². The molecule has 0 atom stereocenters. The van der Waals surface area contributed by atoms with Gasteiger partial charge in [-0.2, -0.15) is 0 Å². The van der Waals surface area contributed by atoms with Crippen LogP contribution in [0.15, 0.2) is 61.2 Å². The quantitative estimate of drug-likeness (QED) is 0.546. The second-order valence-corrected chi connectivity index (χ2v) is 6.06. The van der Waals surface area contributed by atoms with Gasteiger partial charge in [-0.3, -0.25) is 9.78 Å². The first-order valence-electron chi connectivity index (χ1n) is 8.44. The van der Waals surface area contributed by atoms with Crippen molar-refractivity contribution in [2.45, 2.75) is 0 Å². The number of benzene rings is 1. The number of nitrogens with zero attached hydrogens (tertiary/aromatic N) is 5. The summed E-state index contributed by atoms with van der Waals surface area (Å²) in [6, 6.07) is 9.79. The van der Waals surface area contributed by atoms with Crippen LogP contribution in [-0.2, 0) is 0 Å². The second-order valence-electron chi connectivity index (χ2n) is 6.06. The van der Waals surface area contributed by atoms with Crippen molar-refractivity contribution in [1.29, 1.82) is 0 Å². The number of fused-ring (bicyclic) bond motifs is 1. The molecule has 7 nitrogen and oxygen atoms in total. The van der Waals surface area contributed by atoms with E-state index in [4.69, 9.17) is 4.74 Å². The molecular weight excluding hydrogens is 361 g/mol. The van der Waals surface area contributed by atoms with Gasteiger partial charge in [0.1, 0.15) is 11.4 Å². The molecule has 0 saturated heterocycles. The summed E-state index contributed by atoms with van der Waals surface area (Å²) in [7, 11) is 2.96. The fraction of sp³-hybridized carbons (Fsp3) is 0.100. The first-order valence-corrected chi connectivity index (χ1v) is 8.44. The van der Waals surface area contributed by atoms with Crippen molar-refractivity contribution in [2.75, 3.05) is 19.1 Å². The van der Waals surface area contributed by atoms with Crippen LogP contribution < -0.4 is 9.64 Å². The van der Waals surface area contributed by atoms with Gasteiger partial charge >= 0.3 is 0 Å². The molecule has 0 fully saturated rings. The molecule has 0 radical (unpaired) electrons. The lowest BCUT2D eigenvalue weighted by molar-refractivity contribution is 0.0987. The summed E-state index contributed by atoms with van der Waals surface area (Å²) < 4.78 is 20.3. The zero-order chi connectivity index (χ0) is 19.7. The Morgan fingerprint density at radius 2 is 2.00 bits per heavy atom. The predicted octanol–water partition coefficient (Wildman–Crippen LogP) is 3.22. The second kappa shape index (κ2) is 7.07. The minimum atomic E-state index is -0.493. The number of hydrogen-bond donors (Lipinski definition) is 0. The van der Waals surface area contributed by atoms with Gasteiger partial charge in [0, 0.05) is 37.4 Å². The molecule has 3 heterocycles. The molecule has 0 unspecified atom stereocenters. The summed E-state index contributed by atoms with van der Waals surface area (Å²) >= 11 is 0. The van der Waals surface area contributed by atoms with Crippen molar-refractivity contribution >= 4 is 17.2 Å². The third-order valence-corrected chi connectivity index (χ3v) is 4.31. The minimum absolute atomic E-state index is 0.0650. The monoisotopic (exact) mass is 377 g/mol. The Balaban J connectivity index is 1.65. The minimum Gasteiger partial charge on any atom is -0.494 e. The van der Waals surface area contributed by atoms with E-state index in [2.05, 4.69) is 15.0 Å². The largest absolute Gasteiger partial charge is 0.494 e. The SMILES string of the molecule is COc1cc(N(C)C(=O)c2cn3cc(-c4ccccn4)nc3cn2)ccc1F. The van der Waals surface area contributed by atoms with Crippen LogP contribution in [-0.4, -0.2) is 39.4 Å². The Hall–Kier alpha value is -3.81. The maximum Gasteiger partial charge on any atom is 0.278 e. The van der Waals surface area contributed by atoms with Crippen LogP contribution in [0.25, 0.3) is 17.0 Å². The number of carbonyl (C=O) groups excluding carboxylic acids is 1. The highest BCUT2D eigenvalue weighted by Crippen LogP contribution is 2.25. The van der Waals surface area contributed by atoms with Gasteiger partial charge in [0.05, 0.1) is 19.0 Å². The highest BCUT2D eigenvalue weighted by atomic mass is 19.1. The molecular formula is C20H16FN5O2. The van der Waals surface area contributed by atoms with Crippen LogP contribution in [0.5, 0.6) is 5.75 Å². The maximum atomic E-state index is 13.6. The van der Waals surface area contributed by atoms with E-state index in [1.165, 1.54) is 36.4 Å². The number of anilines is 1. The first-order chi connectivity index (χ1) is 13.6. The molecule has 0 spiro atoms. The molecule has 0 N–H and O–H groups in total. The molecule has 1 aromatic carbocycles. The van der Waals surface area contributed by atoms with E-state index in [1.54, 1.807) is 30.0 Å². The van der Waals surface area contributed by atoms with Crippen molar-refractivity contribution in [3.05, 3.63) is 72.7 Å². The topological polar surface area (TPSA) is 72.6 Å². The summed E-state index contributed by atoms with van der Waals surface area (Å²) in [6.07, 6.45) is 6.61. The average Bonchev–Trinajstić information content (AvgIpc) is 3.17. The maximum absolute atomic E-state index is 13.6.